The molecule has 0 amide bonds. The Balaban J connectivity index is 1.56. The van der Waals surface area contributed by atoms with Crippen LogP contribution in [-0.2, 0) is 13.1 Å². The summed E-state index contributed by atoms with van der Waals surface area (Å²) in [6.45, 7) is 5.18. The molecular formula is C24H22IN3O. The smallest absolute Gasteiger partial charge is 0.106 e. The molecule has 5 heteroatoms. The van der Waals surface area contributed by atoms with Crippen molar-refractivity contribution in [2.75, 3.05) is 0 Å². The first kappa shape index (κ1) is 18.6. The van der Waals surface area contributed by atoms with Gasteiger partial charge < -0.3 is 14.2 Å². The highest BCUT2D eigenvalue weighted by molar-refractivity contribution is 14.1. The first-order valence-electron chi connectivity index (χ1n) is 9.79. The van der Waals surface area contributed by atoms with Crippen LogP contribution < -0.4 is 0 Å². The van der Waals surface area contributed by atoms with E-state index in [0.29, 0.717) is 13.1 Å². The first-order valence-corrected chi connectivity index (χ1v) is 10.9. The van der Waals surface area contributed by atoms with Gasteiger partial charge in [0.15, 0.2) is 0 Å². The average Bonchev–Trinajstić information content (AvgIpc) is 3.16. The molecule has 0 aliphatic heterocycles. The van der Waals surface area contributed by atoms with Crippen LogP contribution in [0.3, 0.4) is 0 Å². The molecule has 2 aromatic heterocycles. The zero-order chi connectivity index (χ0) is 20.1. The highest BCUT2D eigenvalue weighted by Gasteiger charge is 2.16. The van der Waals surface area contributed by atoms with E-state index in [-0.39, 0.29) is 0 Å². The Kier molecular flexibility index (Phi) is 4.59. The Morgan fingerprint density at radius 1 is 0.862 bits per heavy atom. The zero-order valence-corrected chi connectivity index (χ0v) is 18.6. The zero-order valence-electron chi connectivity index (χ0n) is 16.4. The number of para-hydroxylation sites is 2. The fraction of sp³-hybridized carbons (Fsp3) is 0.208. The molecule has 0 aliphatic carbocycles. The number of aliphatic hydroxyl groups excluding tert-OH is 1. The molecule has 5 rings (SSSR count). The number of halogens is 1. The Labute approximate surface area is 182 Å². The van der Waals surface area contributed by atoms with Gasteiger partial charge in [-0.2, -0.15) is 0 Å². The first-order chi connectivity index (χ1) is 14.0. The van der Waals surface area contributed by atoms with Crippen molar-refractivity contribution in [3.8, 4) is 0 Å². The van der Waals surface area contributed by atoms with Gasteiger partial charge in [0.2, 0.25) is 0 Å². The number of imidazole rings is 1. The van der Waals surface area contributed by atoms with Crippen molar-refractivity contribution in [3.05, 3.63) is 75.6 Å². The van der Waals surface area contributed by atoms with Crippen LogP contribution in [0.2, 0.25) is 0 Å². The van der Waals surface area contributed by atoms with Gasteiger partial charge in [-0.25, -0.2) is 4.98 Å². The Hall–Kier alpha value is -2.38. The fourth-order valence-electron chi connectivity index (χ4n) is 4.29. The monoisotopic (exact) mass is 495 g/mol. The highest BCUT2D eigenvalue weighted by Crippen LogP contribution is 2.31. The van der Waals surface area contributed by atoms with Gasteiger partial charge in [-0.05, 0) is 78.9 Å². The summed E-state index contributed by atoms with van der Waals surface area (Å²) in [5.74, 6) is 0.928. The molecule has 3 aromatic carbocycles. The van der Waals surface area contributed by atoms with E-state index < -0.39 is 6.10 Å². The lowest BCUT2D eigenvalue weighted by Crippen LogP contribution is -2.22. The maximum Gasteiger partial charge on any atom is 0.106 e. The minimum Gasteiger partial charge on any atom is -0.389 e. The van der Waals surface area contributed by atoms with Crippen molar-refractivity contribution in [2.45, 2.75) is 33.0 Å². The molecule has 4 nitrogen and oxygen atoms in total. The SMILES string of the molecule is Cc1ccc2c(c1)c1cc(I)ccc1n2CC(O)Cn1c(C)nc2ccccc21. The lowest BCUT2D eigenvalue weighted by molar-refractivity contribution is 0.137. The number of aromatic nitrogens is 3. The van der Waals surface area contributed by atoms with E-state index >= 15 is 0 Å². The molecule has 0 aliphatic rings. The number of hydrogen-bond acceptors (Lipinski definition) is 2. The molecule has 146 valence electrons. The molecule has 0 saturated carbocycles. The third-order valence-electron chi connectivity index (χ3n) is 5.61. The van der Waals surface area contributed by atoms with E-state index in [0.717, 1.165) is 22.4 Å². The fourth-order valence-corrected chi connectivity index (χ4v) is 4.78. The van der Waals surface area contributed by atoms with Crippen molar-refractivity contribution < 1.29 is 5.11 Å². The van der Waals surface area contributed by atoms with Gasteiger partial charge in [0.1, 0.15) is 5.82 Å². The molecule has 2 heterocycles. The van der Waals surface area contributed by atoms with Gasteiger partial charge >= 0.3 is 0 Å². The van der Waals surface area contributed by atoms with E-state index in [1.165, 1.54) is 25.4 Å². The number of rotatable bonds is 4. The number of aliphatic hydroxyl groups is 1. The van der Waals surface area contributed by atoms with E-state index in [4.69, 9.17) is 0 Å². The quantitative estimate of drug-likeness (QED) is 0.338. The van der Waals surface area contributed by atoms with Crippen molar-refractivity contribution >= 4 is 55.4 Å². The van der Waals surface area contributed by atoms with Gasteiger partial charge in [0.25, 0.3) is 0 Å². The molecule has 0 fully saturated rings. The van der Waals surface area contributed by atoms with E-state index in [1.54, 1.807) is 0 Å². The van der Waals surface area contributed by atoms with Crippen LogP contribution in [0.4, 0.5) is 0 Å². The second-order valence-electron chi connectivity index (χ2n) is 7.70. The van der Waals surface area contributed by atoms with Gasteiger partial charge in [-0.15, -0.1) is 0 Å². The van der Waals surface area contributed by atoms with Crippen LogP contribution in [0.5, 0.6) is 0 Å². The number of nitrogens with zero attached hydrogens (tertiary/aromatic N) is 3. The Morgan fingerprint density at radius 3 is 2.38 bits per heavy atom. The molecule has 0 radical (unpaired) electrons. The molecule has 5 aromatic rings. The third kappa shape index (κ3) is 3.22. The maximum absolute atomic E-state index is 11.0. The maximum atomic E-state index is 11.0. The number of aryl methyl sites for hydroxylation is 2. The van der Waals surface area contributed by atoms with E-state index in [9.17, 15) is 5.11 Å². The molecule has 1 atom stereocenters. The summed E-state index contributed by atoms with van der Waals surface area (Å²) in [7, 11) is 0. The normalized spacial score (nSPS) is 13.0. The molecule has 0 spiro atoms. The van der Waals surface area contributed by atoms with Crippen LogP contribution >= 0.6 is 22.6 Å². The summed E-state index contributed by atoms with van der Waals surface area (Å²) in [6, 6.07) is 21.2. The average molecular weight is 495 g/mol. The summed E-state index contributed by atoms with van der Waals surface area (Å²) >= 11 is 2.36. The Bertz CT molecular complexity index is 1310. The predicted octanol–water partition coefficient (Wildman–Crippen LogP) is 5.43. The molecule has 29 heavy (non-hydrogen) atoms. The van der Waals surface area contributed by atoms with Crippen LogP contribution in [0.25, 0.3) is 32.8 Å². The van der Waals surface area contributed by atoms with Crippen molar-refractivity contribution in [3.63, 3.8) is 0 Å². The lowest BCUT2D eigenvalue weighted by atomic mass is 10.1. The minimum atomic E-state index is -0.523. The Morgan fingerprint density at radius 2 is 1.55 bits per heavy atom. The second kappa shape index (κ2) is 7.15. The summed E-state index contributed by atoms with van der Waals surface area (Å²) in [4.78, 5) is 4.63. The van der Waals surface area contributed by atoms with E-state index in [2.05, 4.69) is 86.1 Å². The lowest BCUT2D eigenvalue weighted by Gasteiger charge is -2.16. The largest absolute Gasteiger partial charge is 0.389 e. The summed E-state index contributed by atoms with van der Waals surface area (Å²) < 4.78 is 5.58. The van der Waals surface area contributed by atoms with Crippen LogP contribution in [0.1, 0.15) is 11.4 Å². The molecule has 0 saturated heterocycles. The number of benzene rings is 3. The predicted molar refractivity (Wildman–Crippen MR) is 127 cm³/mol. The van der Waals surface area contributed by atoms with E-state index in [1.807, 2.05) is 25.1 Å². The van der Waals surface area contributed by atoms with Crippen molar-refractivity contribution in [1.82, 2.24) is 14.1 Å². The van der Waals surface area contributed by atoms with Gasteiger partial charge in [-0.1, -0.05) is 23.8 Å². The summed E-state index contributed by atoms with van der Waals surface area (Å²) in [6.07, 6.45) is -0.523. The van der Waals surface area contributed by atoms with Crippen molar-refractivity contribution in [1.29, 1.82) is 0 Å². The van der Waals surface area contributed by atoms with Gasteiger partial charge in [-0.3, -0.25) is 0 Å². The van der Waals surface area contributed by atoms with Crippen LogP contribution in [0.15, 0.2) is 60.7 Å². The van der Waals surface area contributed by atoms with Crippen LogP contribution in [0, 0.1) is 17.4 Å². The third-order valence-corrected chi connectivity index (χ3v) is 6.29. The minimum absolute atomic E-state index is 0.518. The summed E-state index contributed by atoms with van der Waals surface area (Å²) in [5, 5.41) is 13.5. The van der Waals surface area contributed by atoms with Crippen molar-refractivity contribution in [2.24, 2.45) is 0 Å². The topological polar surface area (TPSA) is 43.0 Å². The van der Waals surface area contributed by atoms with Gasteiger partial charge in [0, 0.05) is 25.4 Å². The molecule has 1 unspecified atom stereocenters. The van der Waals surface area contributed by atoms with Gasteiger partial charge in [0.05, 0.1) is 30.2 Å². The van der Waals surface area contributed by atoms with Crippen LogP contribution in [-0.4, -0.2) is 25.3 Å². The summed E-state index contributed by atoms with van der Waals surface area (Å²) in [5.41, 5.74) is 5.61. The number of hydrogen-bond donors (Lipinski definition) is 1. The molecule has 1 N–H and O–H groups in total. The molecular weight excluding hydrogens is 473 g/mol. The molecule has 0 bridgehead atoms. The second-order valence-corrected chi connectivity index (χ2v) is 8.95. The highest BCUT2D eigenvalue weighted by atomic mass is 127. The standard InChI is InChI=1S/C24H22IN3O/c1-15-7-9-22-19(11-15)20-12-17(25)8-10-23(20)28(22)14-18(29)13-27-16(2)26-21-5-3-4-6-24(21)27/h3-12,18,29H,13-14H2,1-2H3. The number of fused-ring (bicyclic) bond motifs is 4.